The van der Waals surface area contributed by atoms with Crippen molar-refractivity contribution in [3.05, 3.63) is 143 Å². The number of nitrogens with zero attached hydrogens (tertiary/aromatic N) is 4. The molecule has 0 bridgehead atoms. The fourth-order valence-corrected chi connectivity index (χ4v) is 10.8. The number of esters is 2. The van der Waals surface area contributed by atoms with Crippen LogP contribution in [0.2, 0.25) is 0 Å². The summed E-state index contributed by atoms with van der Waals surface area (Å²) in [7, 11) is 0. The lowest BCUT2D eigenvalue weighted by Gasteiger charge is -2.29. The zero-order chi connectivity index (χ0) is 57.8. The molecule has 2 fully saturated rings. The number of rotatable bonds is 14. The lowest BCUT2D eigenvalue weighted by Crippen LogP contribution is -2.37. The third kappa shape index (κ3) is 15.0. The number of morpholine rings is 2. The number of aromatic amines is 2. The number of aliphatic hydroxyl groups is 1. The summed E-state index contributed by atoms with van der Waals surface area (Å²) in [6, 6.07) is 29.2. The van der Waals surface area contributed by atoms with Gasteiger partial charge in [0.15, 0.2) is 0 Å². The van der Waals surface area contributed by atoms with E-state index in [-0.39, 0.29) is 29.8 Å². The van der Waals surface area contributed by atoms with Crippen LogP contribution in [0.25, 0.3) is 33.0 Å². The molecule has 81 heavy (non-hydrogen) atoms. The zero-order valence-electron chi connectivity index (χ0n) is 48.2. The monoisotopic (exact) mass is 1110 g/mol. The van der Waals surface area contributed by atoms with Gasteiger partial charge in [0, 0.05) is 115 Å². The fraction of sp³-hybridized carbons (Fsp3) is 0.438. The Kier molecular flexibility index (Phi) is 19.9. The van der Waals surface area contributed by atoms with E-state index in [0.29, 0.717) is 60.0 Å². The molecule has 6 aromatic rings. The van der Waals surface area contributed by atoms with Crippen LogP contribution in [0.15, 0.2) is 109 Å². The normalized spacial score (nSPS) is 17.1. The van der Waals surface area contributed by atoms with E-state index in [0.717, 1.165) is 117 Å². The SMILES string of the molecule is CC(C)OC(=O)C1=CN(C(=O)c2ccc(O)cc2)CC(C)(C)c2c1[nH]c1ccccc21.CC(C)OC(=O)C1=CN(C(=O)c2ccc(OCCCN3CCOCC3)cc2)CC(C)(C)c2c1[nH]c1ccccc21.OCCCN1CCOCC1. The number of nitrogens with one attached hydrogen (secondary N) is 2. The largest absolute Gasteiger partial charge is 0.508 e. The van der Waals surface area contributed by atoms with Gasteiger partial charge in [-0.15, -0.1) is 0 Å². The average molecular weight is 1110 g/mol. The van der Waals surface area contributed by atoms with Gasteiger partial charge in [-0.25, -0.2) is 9.59 Å². The van der Waals surface area contributed by atoms with Gasteiger partial charge < -0.3 is 53.7 Å². The molecule has 0 aliphatic carbocycles. The second-order valence-corrected chi connectivity index (χ2v) is 22.7. The van der Waals surface area contributed by atoms with Gasteiger partial charge in [-0.3, -0.25) is 19.4 Å². The molecule has 0 unspecified atom stereocenters. The number of aliphatic hydroxyl groups excluding tert-OH is 1. The van der Waals surface area contributed by atoms with Crippen LogP contribution in [0.5, 0.6) is 11.5 Å². The number of H-pyrrole nitrogens is 2. The molecule has 17 nitrogen and oxygen atoms in total. The molecule has 0 spiro atoms. The van der Waals surface area contributed by atoms with Crippen molar-refractivity contribution in [2.45, 2.75) is 91.3 Å². The number of phenolic OH excluding ortho intramolecular Hbond substituents is 1. The number of para-hydroxylation sites is 2. The van der Waals surface area contributed by atoms with Gasteiger partial charge in [0.2, 0.25) is 0 Å². The van der Waals surface area contributed by atoms with Gasteiger partial charge in [-0.05, 0) is 112 Å². The highest BCUT2D eigenvalue weighted by molar-refractivity contribution is 6.19. The van der Waals surface area contributed by atoms with E-state index in [2.05, 4.69) is 53.5 Å². The van der Waals surface area contributed by atoms with Gasteiger partial charge in [0.1, 0.15) is 11.5 Å². The predicted octanol–water partition coefficient (Wildman–Crippen LogP) is 9.30. The molecule has 0 radical (unpaired) electrons. The summed E-state index contributed by atoms with van der Waals surface area (Å²) in [6.45, 7) is 26.5. The van der Waals surface area contributed by atoms with E-state index in [9.17, 15) is 24.3 Å². The molecule has 0 atom stereocenters. The first-order chi connectivity index (χ1) is 38.8. The molecule has 2 saturated heterocycles. The minimum absolute atomic E-state index is 0.0888. The Morgan fingerprint density at radius 1 is 0.580 bits per heavy atom. The maximum Gasteiger partial charge on any atom is 0.342 e. The van der Waals surface area contributed by atoms with Crippen LogP contribution in [-0.4, -0.2) is 168 Å². The molecule has 2 amide bonds. The van der Waals surface area contributed by atoms with E-state index < -0.39 is 22.8 Å². The first-order valence-corrected chi connectivity index (χ1v) is 28.3. The maximum absolute atomic E-state index is 13.8. The van der Waals surface area contributed by atoms with Crippen molar-refractivity contribution in [1.29, 1.82) is 0 Å². The standard InChI is InChI=1S/C32H39N3O5.C25H26N2O4.C7H15NO2/c1-22(2)40-31(37)26-20-35(21-32(3,4)28-25-8-5-6-9-27(25)33-29(26)28)30(36)23-10-12-24(13-11-23)39-17-7-14-34-15-18-38-19-16-34;1-15(2)31-24(30)19-13-27(23(29)16-9-11-17(28)12-10-16)14-25(3,4)21-18-7-5-6-8-20(18)26-22(19)21;9-5-1-2-8-3-6-10-7-4-8/h5-6,8-13,20,22,33H,7,14-19,21H2,1-4H3;5-13,15,26,28H,14H2,1-4H3;9H,1-7H2. The van der Waals surface area contributed by atoms with E-state index in [1.807, 2.05) is 68.4 Å². The molecule has 2 aromatic heterocycles. The minimum atomic E-state index is -0.482. The van der Waals surface area contributed by atoms with Crippen LogP contribution in [0.3, 0.4) is 0 Å². The number of carbonyl (C=O) groups excluding carboxylic acids is 4. The van der Waals surface area contributed by atoms with Crippen LogP contribution in [0, 0.1) is 0 Å². The predicted molar refractivity (Wildman–Crippen MR) is 314 cm³/mol. The minimum Gasteiger partial charge on any atom is -0.508 e. The summed E-state index contributed by atoms with van der Waals surface area (Å²) in [6.07, 6.45) is 4.47. The molecule has 432 valence electrons. The van der Waals surface area contributed by atoms with Crippen molar-refractivity contribution < 1.29 is 53.1 Å². The van der Waals surface area contributed by atoms with Crippen molar-refractivity contribution >= 4 is 56.7 Å². The molecule has 6 heterocycles. The number of aromatic hydroxyl groups is 1. The lowest BCUT2D eigenvalue weighted by molar-refractivity contribution is -0.141. The molecule has 0 saturated carbocycles. The van der Waals surface area contributed by atoms with Crippen LogP contribution in [0.4, 0.5) is 0 Å². The van der Waals surface area contributed by atoms with Gasteiger partial charge in [0.25, 0.3) is 11.8 Å². The molecular weight excluding hydrogens is 1030 g/mol. The molecular formula is C64H80N6O11. The molecule has 4 aromatic carbocycles. The number of aromatic nitrogens is 2. The van der Waals surface area contributed by atoms with Crippen molar-refractivity contribution in [2.75, 3.05) is 92.0 Å². The van der Waals surface area contributed by atoms with Crippen molar-refractivity contribution in [1.82, 2.24) is 29.6 Å². The topological polar surface area (TPSA) is 199 Å². The third-order valence-electron chi connectivity index (χ3n) is 14.6. The Morgan fingerprint density at radius 3 is 1.41 bits per heavy atom. The van der Waals surface area contributed by atoms with Crippen LogP contribution in [0.1, 0.15) is 111 Å². The highest BCUT2D eigenvalue weighted by Gasteiger charge is 2.39. The number of ether oxygens (including phenoxy) is 5. The maximum atomic E-state index is 13.8. The van der Waals surface area contributed by atoms with Crippen LogP contribution < -0.4 is 4.74 Å². The van der Waals surface area contributed by atoms with Crippen molar-refractivity contribution in [2.24, 2.45) is 0 Å². The number of fused-ring (bicyclic) bond motifs is 6. The van der Waals surface area contributed by atoms with Crippen molar-refractivity contribution in [3.63, 3.8) is 0 Å². The second kappa shape index (κ2) is 27.0. The van der Waals surface area contributed by atoms with E-state index >= 15 is 0 Å². The number of hydrogen-bond donors (Lipinski definition) is 4. The van der Waals surface area contributed by atoms with E-state index in [1.165, 1.54) is 12.1 Å². The highest BCUT2D eigenvalue weighted by Crippen LogP contribution is 2.42. The highest BCUT2D eigenvalue weighted by atomic mass is 16.5. The third-order valence-corrected chi connectivity index (χ3v) is 14.6. The van der Waals surface area contributed by atoms with E-state index in [1.54, 1.807) is 60.3 Å². The van der Waals surface area contributed by atoms with Crippen LogP contribution in [-0.2, 0) is 39.4 Å². The first-order valence-electron chi connectivity index (χ1n) is 28.3. The first kappa shape index (κ1) is 59.8. The van der Waals surface area contributed by atoms with Crippen LogP contribution >= 0.6 is 0 Å². The van der Waals surface area contributed by atoms with Crippen molar-refractivity contribution in [3.8, 4) is 11.5 Å². The van der Waals surface area contributed by atoms with Gasteiger partial charge in [0.05, 0.1) is 67.8 Å². The number of benzene rings is 4. The summed E-state index contributed by atoms with van der Waals surface area (Å²) in [5.74, 6) is -0.560. The average Bonchev–Trinajstić information content (AvgIpc) is 4.07. The lowest BCUT2D eigenvalue weighted by atomic mass is 9.81. The number of hydrogen-bond acceptors (Lipinski definition) is 13. The van der Waals surface area contributed by atoms with E-state index in [4.69, 9.17) is 28.8 Å². The second-order valence-electron chi connectivity index (χ2n) is 22.7. The van der Waals surface area contributed by atoms with Gasteiger partial charge >= 0.3 is 11.9 Å². The number of phenols is 1. The molecule has 4 aliphatic rings. The van der Waals surface area contributed by atoms with Gasteiger partial charge in [-0.1, -0.05) is 64.1 Å². The number of carbonyl (C=O) groups is 4. The Morgan fingerprint density at radius 2 is 0.988 bits per heavy atom. The molecule has 4 aliphatic heterocycles. The Labute approximate surface area is 475 Å². The summed E-state index contributed by atoms with van der Waals surface area (Å²) in [5, 5.41) is 20.2. The summed E-state index contributed by atoms with van der Waals surface area (Å²) in [5.41, 5.74) is 5.98. The Balaban J connectivity index is 0.000000185. The molecule has 4 N–H and O–H groups in total. The summed E-state index contributed by atoms with van der Waals surface area (Å²) >= 11 is 0. The Bertz CT molecular complexity index is 3180. The quantitative estimate of drug-likeness (QED) is 0.0595. The molecule has 17 heteroatoms. The molecule has 10 rings (SSSR count). The summed E-state index contributed by atoms with van der Waals surface area (Å²) in [4.78, 5) is 68.2. The summed E-state index contributed by atoms with van der Waals surface area (Å²) < 4.78 is 27.6. The zero-order valence-corrected chi connectivity index (χ0v) is 48.2. The fourth-order valence-electron chi connectivity index (χ4n) is 10.8. The number of amides is 2. The smallest absolute Gasteiger partial charge is 0.342 e. The Hall–Kier alpha value is -7.28. The van der Waals surface area contributed by atoms with Gasteiger partial charge in [-0.2, -0.15) is 0 Å².